The van der Waals surface area contributed by atoms with Crippen LogP contribution in [-0.4, -0.2) is 68.1 Å². The predicted octanol–water partition coefficient (Wildman–Crippen LogP) is 3.48. The highest BCUT2D eigenvalue weighted by Gasteiger charge is 2.24. The van der Waals surface area contributed by atoms with E-state index in [2.05, 4.69) is 52.3 Å². The van der Waals surface area contributed by atoms with Gasteiger partial charge in [-0.05, 0) is 77.5 Å². The standard InChI is InChI=1S/C22H41N5O/c1-5-26(6-2)14-10-12-19(3)25-22(23-4)24-18-20(21-13-11-17-28-21)27-15-8-7-9-16-27/h11,13,17,19-20H,5-10,12,14-16,18H2,1-4H3,(H2,23,24,25). The van der Waals surface area contributed by atoms with Crippen LogP contribution in [0.25, 0.3) is 0 Å². The smallest absolute Gasteiger partial charge is 0.191 e. The summed E-state index contributed by atoms with van der Waals surface area (Å²) in [4.78, 5) is 9.45. The molecule has 0 radical (unpaired) electrons. The van der Waals surface area contributed by atoms with Crippen molar-refractivity contribution in [1.82, 2.24) is 20.4 Å². The Hall–Kier alpha value is -1.53. The Bertz CT molecular complexity index is 535. The van der Waals surface area contributed by atoms with Crippen molar-refractivity contribution in [2.75, 3.05) is 46.3 Å². The average molecular weight is 392 g/mol. The van der Waals surface area contributed by atoms with Gasteiger partial charge in [0.15, 0.2) is 5.96 Å². The van der Waals surface area contributed by atoms with E-state index < -0.39 is 0 Å². The molecule has 0 amide bonds. The monoisotopic (exact) mass is 391 g/mol. The van der Waals surface area contributed by atoms with E-state index in [9.17, 15) is 0 Å². The summed E-state index contributed by atoms with van der Waals surface area (Å²) in [5.74, 6) is 1.92. The van der Waals surface area contributed by atoms with Gasteiger partial charge in [0.2, 0.25) is 0 Å². The fourth-order valence-corrected chi connectivity index (χ4v) is 3.98. The van der Waals surface area contributed by atoms with Gasteiger partial charge in [-0.2, -0.15) is 0 Å². The number of guanidine groups is 1. The van der Waals surface area contributed by atoms with Crippen molar-refractivity contribution < 1.29 is 4.42 Å². The highest BCUT2D eigenvalue weighted by atomic mass is 16.3. The van der Waals surface area contributed by atoms with Crippen LogP contribution < -0.4 is 10.6 Å². The molecular formula is C22H41N5O. The first-order valence-corrected chi connectivity index (χ1v) is 11.1. The third-order valence-corrected chi connectivity index (χ3v) is 5.78. The van der Waals surface area contributed by atoms with Gasteiger partial charge in [0.05, 0.1) is 12.3 Å². The number of hydrogen-bond acceptors (Lipinski definition) is 4. The maximum Gasteiger partial charge on any atom is 0.191 e. The molecule has 160 valence electrons. The first-order chi connectivity index (χ1) is 13.7. The van der Waals surface area contributed by atoms with Crippen LogP contribution in [0.4, 0.5) is 0 Å². The highest BCUT2D eigenvalue weighted by molar-refractivity contribution is 5.79. The SMILES string of the molecule is CCN(CC)CCCC(C)NC(=NC)NCC(c1ccco1)N1CCCCC1. The Kier molecular flexibility index (Phi) is 10.4. The van der Waals surface area contributed by atoms with Gasteiger partial charge in [0, 0.05) is 19.6 Å². The summed E-state index contributed by atoms with van der Waals surface area (Å²) in [6.45, 7) is 13.2. The number of nitrogens with zero attached hydrogens (tertiary/aromatic N) is 3. The van der Waals surface area contributed by atoms with Crippen LogP contribution in [0.5, 0.6) is 0 Å². The van der Waals surface area contributed by atoms with Gasteiger partial charge in [-0.15, -0.1) is 0 Å². The first-order valence-electron chi connectivity index (χ1n) is 11.1. The topological polar surface area (TPSA) is 56.0 Å². The fraction of sp³-hybridized carbons (Fsp3) is 0.773. The molecule has 1 fully saturated rings. The highest BCUT2D eigenvalue weighted by Crippen LogP contribution is 2.24. The molecule has 0 saturated carbocycles. The van der Waals surface area contributed by atoms with E-state index >= 15 is 0 Å². The molecule has 28 heavy (non-hydrogen) atoms. The van der Waals surface area contributed by atoms with Gasteiger partial charge in [0.1, 0.15) is 5.76 Å². The number of aliphatic imine (C=N–C) groups is 1. The van der Waals surface area contributed by atoms with E-state index in [1.807, 2.05) is 13.1 Å². The summed E-state index contributed by atoms with van der Waals surface area (Å²) in [6, 6.07) is 4.73. The molecule has 0 spiro atoms. The number of hydrogen-bond donors (Lipinski definition) is 2. The van der Waals surface area contributed by atoms with Crippen molar-refractivity contribution in [1.29, 1.82) is 0 Å². The summed E-state index contributed by atoms with van der Waals surface area (Å²) in [5, 5.41) is 7.09. The largest absolute Gasteiger partial charge is 0.468 e. The molecule has 2 heterocycles. The Morgan fingerprint density at radius 2 is 2.00 bits per heavy atom. The molecule has 2 atom stereocenters. The van der Waals surface area contributed by atoms with Crippen LogP contribution in [-0.2, 0) is 0 Å². The minimum Gasteiger partial charge on any atom is -0.468 e. The molecule has 1 aromatic heterocycles. The van der Waals surface area contributed by atoms with E-state index in [1.54, 1.807) is 6.26 Å². The molecular weight excluding hydrogens is 350 g/mol. The number of rotatable bonds is 11. The van der Waals surface area contributed by atoms with Crippen molar-refractivity contribution in [2.45, 2.75) is 65.0 Å². The second-order valence-corrected chi connectivity index (χ2v) is 7.80. The quantitative estimate of drug-likeness (QED) is 0.447. The number of furan rings is 1. The van der Waals surface area contributed by atoms with Crippen molar-refractivity contribution in [2.24, 2.45) is 4.99 Å². The zero-order valence-electron chi connectivity index (χ0n) is 18.4. The molecule has 1 saturated heterocycles. The van der Waals surface area contributed by atoms with E-state index in [4.69, 9.17) is 4.42 Å². The Morgan fingerprint density at radius 3 is 2.61 bits per heavy atom. The summed E-state index contributed by atoms with van der Waals surface area (Å²) in [5.41, 5.74) is 0. The van der Waals surface area contributed by atoms with Gasteiger partial charge >= 0.3 is 0 Å². The average Bonchev–Trinajstić information content (AvgIpc) is 3.26. The molecule has 0 aliphatic carbocycles. The van der Waals surface area contributed by atoms with Crippen molar-refractivity contribution in [3.05, 3.63) is 24.2 Å². The molecule has 2 N–H and O–H groups in total. The van der Waals surface area contributed by atoms with E-state index in [-0.39, 0.29) is 6.04 Å². The van der Waals surface area contributed by atoms with Crippen molar-refractivity contribution in [3.63, 3.8) is 0 Å². The minimum absolute atomic E-state index is 0.256. The van der Waals surface area contributed by atoms with E-state index in [0.29, 0.717) is 6.04 Å². The van der Waals surface area contributed by atoms with Gasteiger partial charge in [-0.1, -0.05) is 20.3 Å². The first kappa shape index (κ1) is 22.8. The van der Waals surface area contributed by atoms with Gasteiger partial charge in [0.25, 0.3) is 0 Å². The molecule has 6 heteroatoms. The summed E-state index contributed by atoms with van der Waals surface area (Å²) < 4.78 is 5.75. The maximum absolute atomic E-state index is 5.75. The van der Waals surface area contributed by atoms with Crippen LogP contribution in [0.3, 0.4) is 0 Å². The lowest BCUT2D eigenvalue weighted by Gasteiger charge is -2.34. The molecule has 0 bridgehead atoms. The molecule has 0 aromatic carbocycles. The van der Waals surface area contributed by atoms with E-state index in [0.717, 1.165) is 50.9 Å². The zero-order chi connectivity index (χ0) is 20.2. The van der Waals surface area contributed by atoms with Crippen molar-refractivity contribution >= 4 is 5.96 Å². The minimum atomic E-state index is 0.256. The van der Waals surface area contributed by atoms with Crippen LogP contribution in [0.1, 0.15) is 64.7 Å². The predicted molar refractivity (Wildman–Crippen MR) is 118 cm³/mol. The number of likely N-dealkylation sites (tertiary alicyclic amines) is 1. The summed E-state index contributed by atoms with van der Waals surface area (Å²) in [6.07, 6.45) is 8.00. The molecule has 1 aliphatic rings. The molecule has 1 aromatic rings. The summed E-state index contributed by atoms with van der Waals surface area (Å²) in [7, 11) is 1.85. The molecule has 1 aliphatic heterocycles. The normalized spacial score (nSPS) is 18.2. The van der Waals surface area contributed by atoms with Gasteiger partial charge in [-0.3, -0.25) is 9.89 Å². The van der Waals surface area contributed by atoms with Crippen LogP contribution in [0.15, 0.2) is 27.8 Å². The lowest BCUT2D eigenvalue weighted by Crippen LogP contribution is -2.46. The Labute approximate surface area is 171 Å². The zero-order valence-corrected chi connectivity index (χ0v) is 18.4. The Morgan fingerprint density at radius 1 is 1.25 bits per heavy atom. The lowest BCUT2D eigenvalue weighted by atomic mass is 10.1. The van der Waals surface area contributed by atoms with Gasteiger partial charge < -0.3 is 20.0 Å². The molecule has 2 unspecified atom stereocenters. The van der Waals surface area contributed by atoms with Crippen LogP contribution in [0.2, 0.25) is 0 Å². The van der Waals surface area contributed by atoms with Gasteiger partial charge in [-0.25, -0.2) is 0 Å². The third kappa shape index (κ3) is 7.47. The Balaban J connectivity index is 1.81. The molecule has 6 nitrogen and oxygen atoms in total. The summed E-state index contributed by atoms with van der Waals surface area (Å²) >= 11 is 0. The maximum atomic E-state index is 5.75. The third-order valence-electron chi connectivity index (χ3n) is 5.78. The van der Waals surface area contributed by atoms with Crippen molar-refractivity contribution in [3.8, 4) is 0 Å². The second-order valence-electron chi connectivity index (χ2n) is 7.80. The molecule has 2 rings (SSSR count). The second kappa shape index (κ2) is 12.8. The van der Waals surface area contributed by atoms with E-state index in [1.165, 1.54) is 32.2 Å². The lowest BCUT2D eigenvalue weighted by molar-refractivity contribution is 0.146. The fourth-order valence-electron chi connectivity index (χ4n) is 3.98. The van der Waals surface area contributed by atoms with Crippen LogP contribution >= 0.6 is 0 Å². The van der Waals surface area contributed by atoms with Crippen LogP contribution in [0, 0.1) is 0 Å². The number of nitrogens with one attached hydrogen (secondary N) is 2. The number of piperidine rings is 1.